The van der Waals surface area contributed by atoms with Gasteiger partial charge in [-0.15, -0.1) is 0 Å². The lowest BCUT2D eigenvalue weighted by Crippen LogP contribution is -2.34. The lowest BCUT2D eigenvalue weighted by Gasteiger charge is -2.09. The van der Waals surface area contributed by atoms with E-state index in [1.165, 1.54) is 51.4 Å². The van der Waals surface area contributed by atoms with Crippen molar-refractivity contribution in [2.45, 2.75) is 90.0 Å². The minimum Gasteiger partial charge on any atom is -0.464 e. The van der Waals surface area contributed by atoms with Gasteiger partial charge in [-0.25, -0.2) is 4.79 Å². The normalized spacial score (nSPS) is 17.6. The number of ether oxygens (including phenoxy) is 1. The highest BCUT2D eigenvalue weighted by molar-refractivity contribution is 5.87. The van der Waals surface area contributed by atoms with Gasteiger partial charge < -0.3 is 10.1 Å². The van der Waals surface area contributed by atoms with E-state index in [-0.39, 0.29) is 11.9 Å². The number of carbonyl (C=O) groups excluding carboxylic acids is 2. The molecular formula is C19H33NO3. The Morgan fingerprint density at radius 1 is 1.09 bits per heavy atom. The minimum atomic E-state index is -0.411. The minimum absolute atomic E-state index is 0.0497. The molecule has 0 radical (unpaired) electrons. The van der Waals surface area contributed by atoms with Crippen molar-refractivity contribution < 1.29 is 14.3 Å². The summed E-state index contributed by atoms with van der Waals surface area (Å²) in [7, 11) is 0. The smallest absolute Gasteiger partial charge is 0.328 e. The second-order valence-electron chi connectivity index (χ2n) is 6.35. The molecule has 1 rings (SSSR count). The Hall–Kier alpha value is -1.32. The van der Waals surface area contributed by atoms with Crippen LogP contribution in [0.3, 0.4) is 0 Å². The lowest BCUT2D eigenvalue weighted by atomic mass is 10.1. The molecule has 0 aromatic heterocycles. The predicted molar refractivity (Wildman–Crippen MR) is 93.1 cm³/mol. The standard InChI is InChI=1S/C19H33NO3/c1-2-3-4-5-6-7-8-9-10-11-12-13-16-23-19(22)17-14-15-18(21)20-17/h6-7,17H,2-5,8-16H2,1H3,(H,20,21)/b7-6+/t17-/m0/s1. The van der Waals surface area contributed by atoms with Crippen molar-refractivity contribution in [3.05, 3.63) is 12.2 Å². The molecular weight excluding hydrogens is 290 g/mol. The van der Waals surface area contributed by atoms with Crippen molar-refractivity contribution in [1.82, 2.24) is 5.32 Å². The first kappa shape index (κ1) is 19.7. The van der Waals surface area contributed by atoms with Crippen LogP contribution in [0.15, 0.2) is 12.2 Å². The number of rotatable bonds is 13. The van der Waals surface area contributed by atoms with Crippen molar-refractivity contribution in [2.75, 3.05) is 6.61 Å². The quantitative estimate of drug-likeness (QED) is 0.312. The van der Waals surface area contributed by atoms with E-state index in [2.05, 4.69) is 24.4 Å². The first-order chi connectivity index (χ1) is 11.2. The first-order valence-corrected chi connectivity index (χ1v) is 9.35. The van der Waals surface area contributed by atoms with E-state index in [4.69, 9.17) is 4.74 Å². The second kappa shape index (κ2) is 13.1. The molecule has 1 aliphatic heterocycles. The van der Waals surface area contributed by atoms with Gasteiger partial charge in [-0.05, 0) is 38.5 Å². The van der Waals surface area contributed by atoms with Gasteiger partial charge in [0.25, 0.3) is 0 Å². The zero-order valence-corrected chi connectivity index (χ0v) is 14.6. The number of carbonyl (C=O) groups is 2. The topological polar surface area (TPSA) is 55.4 Å². The fourth-order valence-corrected chi connectivity index (χ4v) is 2.71. The van der Waals surface area contributed by atoms with Gasteiger partial charge in [-0.3, -0.25) is 4.79 Å². The molecule has 1 amide bonds. The van der Waals surface area contributed by atoms with E-state index >= 15 is 0 Å². The Bertz CT molecular complexity index is 366. The highest BCUT2D eigenvalue weighted by atomic mass is 16.5. The molecule has 23 heavy (non-hydrogen) atoms. The largest absolute Gasteiger partial charge is 0.464 e. The summed E-state index contributed by atoms with van der Waals surface area (Å²) in [6.07, 6.45) is 17.7. The second-order valence-corrected chi connectivity index (χ2v) is 6.35. The van der Waals surface area contributed by atoms with Crippen molar-refractivity contribution in [1.29, 1.82) is 0 Å². The molecule has 1 aliphatic rings. The van der Waals surface area contributed by atoms with E-state index < -0.39 is 6.04 Å². The van der Waals surface area contributed by atoms with Gasteiger partial charge >= 0.3 is 5.97 Å². The predicted octanol–water partition coefficient (Wildman–Crippen LogP) is 4.29. The molecule has 1 heterocycles. The van der Waals surface area contributed by atoms with Gasteiger partial charge in [0.2, 0.25) is 5.91 Å². The maximum atomic E-state index is 11.6. The Morgan fingerprint density at radius 3 is 2.39 bits per heavy atom. The van der Waals surface area contributed by atoms with Crippen LogP contribution in [0.4, 0.5) is 0 Å². The Balaban J connectivity index is 1.83. The van der Waals surface area contributed by atoms with Gasteiger partial charge in [0.05, 0.1) is 6.61 Å². The molecule has 132 valence electrons. The SMILES string of the molecule is CCCCC/C=C/CCCCCCCOC(=O)[C@@H]1CCC(=O)N1. The Labute approximate surface area is 141 Å². The summed E-state index contributed by atoms with van der Waals surface area (Å²) in [4.78, 5) is 22.7. The molecule has 1 fully saturated rings. The number of hydrogen-bond acceptors (Lipinski definition) is 3. The van der Waals surface area contributed by atoms with Crippen LogP contribution in [0.2, 0.25) is 0 Å². The molecule has 1 atom stereocenters. The zero-order valence-electron chi connectivity index (χ0n) is 14.6. The van der Waals surface area contributed by atoms with E-state index in [1.54, 1.807) is 0 Å². The summed E-state index contributed by atoms with van der Waals surface area (Å²) in [5.41, 5.74) is 0. The monoisotopic (exact) mass is 323 g/mol. The van der Waals surface area contributed by atoms with Crippen LogP contribution in [0.1, 0.15) is 84.0 Å². The Kier molecular flexibility index (Phi) is 11.3. The van der Waals surface area contributed by atoms with Crippen LogP contribution in [0.25, 0.3) is 0 Å². The van der Waals surface area contributed by atoms with Crippen molar-refractivity contribution >= 4 is 11.9 Å². The summed E-state index contributed by atoms with van der Waals surface area (Å²) in [5.74, 6) is -0.324. The van der Waals surface area contributed by atoms with Gasteiger partial charge in [0, 0.05) is 6.42 Å². The molecule has 0 bridgehead atoms. The molecule has 1 N–H and O–H groups in total. The van der Waals surface area contributed by atoms with Gasteiger partial charge in [0.1, 0.15) is 6.04 Å². The molecule has 0 aromatic rings. The molecule has 0 spiro atoms. The fraction of sp³-hybridized carbons (Fsp3) is 0.789. The summed E-state index contributed by atoms with van der Waals surface area (Å²) in [6.45, 7) is 2.71. The number of amides is 1. The summed E-state index contributed by atoms with van der Waals surface area (Å²) in [6, 6.07) is -0.411. The van der Waals surface area contributed by atoms with Crippen LogP contribution in [-0.2, 0) is 14.3 Å². The Morgan fingerprint density at radius 2 is 1.74 bits per heavy atom. The van der Waals surface area contributed by atoms with Crippen molar-refractivity contribution in [3.63, 3.8) is 0 Å². The third kappa shape index (κ3) is 10.1. The van der Waals surface area contributed by atoms with Gasteiger partial charge in [-0.2, -0.15) is 0 Å². The number of esters is 1. The maximum Gasteiger partial charge on any atom is 0.328 e. The summed E-state index contributed by atoms with van der Waals surface area (Å²) >= 11 is 0. The average Bonchev–Trinajstić information content (AvgIpc) is 2.98. The number of nitrogens with one attached hydrogen (secondary N) is 1. The van der Waals surface area contributed by atoms with Crippen LogP contribution in [-0.4, -0.2) is 24.5 Å². The van der Waals surface area contributed by atoms with E-state index in [1.807, 2.05) is 0 Å². The molecule has 0 aromatic carbocycles. The fourth-order valence-electron chi connectivity index (χ4n) is 2.71. The first-order valence-electron chi connectivity index (χ1n) is 9.35. The van der Waals surface area contributed by atoms with Gasteiger partial charge in [-0.1, -0.05) is 51.2 Å². The molecule has 1 saturated heterocycles. The zero-order chi connectivity index (χ0) is 16.8. The molecule has 4 heteroatoms. The van der Waals surface area contributed by atoms with E-state index in [9.17, 15) is 9.59 Å². The number of allylic oxidation sites excluding steroid dienone is 2. The summed E-state index contributed by atoms with van der Waals surface area (Å²) in [5, 5.41) is 2.63. The number of unbranched alkanes of at least 4 members (excludes halogenated alkanes) is 8. The molecule has 0 aliphatic carbocycles. The van der Waals surface area contributed by atoms with Crippen LogP contribution in [0, 0.1) is 0 Å². The number of hydrogen-bond donors (Lipinski definition) is 1. The lowest BCUT2D eigenvalue weighted by molar-refractivity contribution is -0.146. The van der Waals surface area contributed by atoms with E-state index in [0.717, 1.165) is 12.8 Å². The molecule has 0 saturated carbocycles. The maximum absolute atomic E-state index is 11.6. The van der Waals surface area contributed by atoms with Crippen LogP contribution in [0.5, 0.6) is 0 Å². The van der Waals surface area contributed by atoms with E-state index in [0.29, 0.717) is 19.4 Å². The highest BCUT2D eigenvalue weighted by Gasteiger charge is 2.28. The summed E-state index contributed by atoms with van der Waals surface area (Å²) < 4.78 is 5.20. The van der Waals surface area contributed by atoms with Gasteiger partial charge in [0.15, 0.2) is 0 Å². The third-order valence-corrected chi connectivity index (χ3v) is 4.18. The average molecular weight is 323 g/mol. The third-order valence-electron chi connectivity index (χ3n) is 4.18. The molecule has 4 nitrogen and oxygen atoms in total. The van der Waals surface area contributed by atoms with Crippen molar-refractivity contribution in [2.24, 2.45) is 0 Å². The highest BCUT2D eigenvalue weighted by Crippen LogP contribution is 2.10. The van der Waals surface area contributed by atoms with Crippen molar-refractivity contribution in [3.8, 4) is 0 Å². The molecule has 0 unspecified atom stereocenters. The van der Waals surface area contributed by atoms with Crippen LogP contribution >= 0.6 is 0 Å². The van der Waals surface area contributed by atoms with Crippen LogP contribution < -0.4 is 5.32 Å².